The fraction of sp³-hybridized carbons (Fsp3) is 0.571. The lowest BCUT2D eigenvalue weighted by atomic mass is 9.82. The number of hydrogen-bond donors (Lipinski definition) is 1. The summed E-state index contributed by atoms with van der Waals surface area (Å²) in [7, 11) is 1.74. The minimum Gasteiger partial charge on any atom is -0.497 e. The van der Waals surface area contributed by atoms with Crippen LogP contribution in [-0.2, 0) is 6.42 Å². The van der Waals surface area contributed by atoms with E-state index < -0.39 is 0 Å². The minimum atomic E-state index is 0.689. The Morgan fingerprint density at radius 2 is 2.31 bits per heavy atom. The van der Waals surface area contributed by atoms with Gasteiger partial charge in [0.1, 0.15) is 5.75 Å². The maximum absolute atomic E-state index is 5.28. The van der Waals surface area contributed by atoms with Crippen LogP contribution in [0.25, 0.3) is 0 Å². The van der Waals surface area contributed by atoms with Gasteiger partial charge in [-0.05, 0) is 55.0 Å². The number of likely N-dealkylation sites (N-methyl/N-ethyl adjacent to an activating group) is 1. The normalized spacial score (nSPS) is 19.2. The van der Waals surface area contributed by atoms with Gasteiger partial charge >= 0.3 is 0 Å². The van der Waals surface area contributed by atoms with E-state index in [0.717, 1.165) is 18.8 Å². The van der Waals surface area contributed by atoms with Crippen molar-refractivity contribution in [3.8, 4) is 5.75 Å². The average Bonchev–Trinajstić information content (AvgIpc) is 2.35. The number of hydrogen-bond acceptors (Lipinski definition) is 2. The van der Waals surface area contributed by atoms with Gasteiger partial charge in [0.05, 0.1) is 7.11 Å². The molecule has 1 atom stereocenters. The third-order valence-corrected chi connectivity index (χ3v) is 3.43. The second-order valence-corrected chi connectivity index (χ2v) is 4.46. The molecule has 1 aliphatic carbocycles. The van der Waals surface area contributed by atoms with Gasteiger partial charge in [0.2, 0.25) is 0 Å². The van der Waals surface area contributed by atoms with Crippen molar-refractivity contribution >= 4 is 0 Å². The SMILES string of the molecule is CCNCC1CCCc2cc(OC)ccc21. The molecule has 1 aliphatic rings. The van der Waals surface area contributed by atoms with Crippen molar-refractivity contribution < 1.29 is 4.74 Å². The van der Waals surface area contributed by atoms with Gasteiger partial charge in [-0.3, -0.25) is 0 Å². The molecule has 0 bridgehead atoms. The first-order valence-electron chi connectivity index (χ1n) is 6.22. The highest BCUT2D eigenvalue weighted by molar-refractivity contribution is 5.39. The van der Waals surface area contributed by atoms with Gasteiger partial charge in [0, 0.05) is 6.54 Å². The van der Waals surface area contributed by atoms with Crippen molar-refractivity contribution in [3.63, 3.8) is 0 Å². The lowest BCUT2D eigenvalue weighted by Gasteiger charge is -2.26. The highest BCUT2D eigenvalue weighted by Crippen LogP contribution is 2.33. The van der Waals surface area contributed by atoms with E-state index in [0.29, 0.717) is 5.92 Å². The van der Waals surface area contributed by atoms with E-state index in [1.807, 2.05) is 0 Å². The van der Waals surface area contributed by atoms with Gasteiger partial charge in [-0.25, -0.2) is 0 Å². The third kappa shape index (κ3) is 2.38. The summed E-state index contributed by atoms with van der Waals surface area (Å²) < 4.78 is 5.28. The lowest BCUT2D eigenvalue weighted by molar-refractivity contribution is 0.412. The summed E-state index contributed by atoms with van der Waals surface area (Å²) in [5.74, 6) is 1.68. The molecule has 88 valence electrons. The molecule has 0 saturated heterocycles. The highest BCUT2D eigenvalue weighted by atomic mass is 16.5. The maximum Gasteiger partial charge on any atom is 0.119 e. The van der Waals surface area contributed by atoms with E-state index in [-0.39, 0.29) is 0 Å². The van der Waals surface area contributed by atoms with E-state index in [9.17, 15) is 0 Å². The van der Waals surface area contributed by atoms with Crippen molar-refractivity contribution in [2.75, 3.05) is 20.2 Å². The molecule has 0 radical (unpaired) electrons. The predicted octanol–water partition coefficient (Wildman–Crippen LogP) is 2.72. The van der Waals surface area contributed by atoms with Crippen LogP contribution in [-0.4, -0.2) is 20.2 Å². The van der Waals surface area contributed by atoms with Gasteiger partial charge < -0.3 is 10.1 Å². The number of methoxy groups -OCH3 is 1. The smallest absolute Gasteiger partial charge is 0.119 e. The van der Waals surface area contributed by atoms with Crippen LogP contribution in [0.4, 0.5) is 0 Å². The summed E-state index contributed by atoms with van der Waals surface area (Å²) in [5.41, 5.74) is 3.00. The lowest BCUT2D eigenvalue weighted by Crippen LogP contribution is -2.24. The first-order valence-corrected chi connectivity index (χ1v) is 6.22. The summed E-state index contributed by atoms with van der Waals surface area (Å²) in [4.78, 5) is 0. The Labute approximate surface area is 98.0 Å². The Balaban J connectivity index is 2.18. The van der Waals surface area contributed by atoms with Crippen LogP contribution in [0.2, 0.25) is 0 Å². The Bertz CT molecular complexity index is 349. The molecule has 2 nitrogen and oxygen atoms in total. The summed E-state index contributed by atoms with van der Waals surface area (Å²) in [6, 6.07) is 6.53. The van der Waals surface area contributed by atoms with Crippen LogP contribution in [0.3, 0.4) is 0 Å². The quantitative estimate of drug-likeness (QED) is 0.840. The predicted molar refractivity (Wildman–Crippen MR) is 67.2 cm³/mol. The Morgan fingerprint density at radius 1 is 1.44 bits per heavy atom. The van der Waals surface area contributed by atoms with Crippen molar-refractivity contribution in [3.05, 3.63) is 29.3 Å². The Morgan fingerprint density at radius 3 is 3.06 bits per heavy atom. The number of benzene rings is 1. The topological polar surface area (TPSA) is 21.3 Å². The molecule has 0 aliphatic heterocycles. The molecule has 16 heavy (non-hydrogen) atoms. The summed E-state index contributed by atoms with van der Waals surface area (Å²) in [6.07, 6.45) is 3.82. The molecule has 1 aromatic carbocycles. The fourth-order valence-electron chi connectivity index (χ4n) is 2.55. The van der Waals surface area contributed by atoms with Crippen molar-refractivity contribution in [1.29, 1.82) is 0 Å². The number of aryl methyl sites for hydroxylation is 1. The van der Waals surface area contributed by atoms with E-state index in [4.69, 9.17) is 4.74 Å². The fourth-order valence-corrected chi connectivity index (χ4v) is 2.55. The highest BCUT2D eigenvalue weighted by Gasteiger charge is 2.19. The molecule has 0 aromatic heterocycles. The number of nitrogens with one attached hydrogen (secondary N) is 1. The van der Waals surface area contributed by atoms with Crippen LogP contribution in [0, 0.1) is 0 Å². The molecule has 1 aromatic rings. The second kappa shape index (κ2) is 5.35. The maximum atomic E-state index is 5.28. The molecular weight excluding hydrogens is 198 g/mol. The third-order valence-electron chi connectivity index (χ3n) is 3.43. The number of ether oxygens (including phenoxy) is 1. The van der Waals surface area contributed by atoms with Gasteiger partial charge in [-0.15, -0.1) is 0 Å². The molecule has 1 unspecified atom stereocenters. The molecule has 0 spiro atoms. The average molecular weight is 219 g/mol. The van der Waals surface area contributed by atoms with Gasteiger partial charge in [0.25, 0.3) is 0 Å². The van der Waals surface area contributed by atoms with E-state index in [1.165, 1.54) is 30.4 Å². The van der Waals surface area contributed by atoms with Crippen LogP contribution >= 0.6 is 0 Å². The van der Waals surface area contributed by atoms with Crippen LogP contribution < -0.4 is 10.1 Å². The molecule has 0 fully saturated rings. The first kappa shape index (κ1) is 11.5. The summed E-state index contributed by atoms with van der Waals surface area (Å²) in [6.45, 7) is 4.33. The standard InChI is InChI=1S/C14H21NO/c1-3-15-10-12-6-4-5-11-9-13(16-2)7-8-14(11)12/h7-9,12,15H,3-6,10H2,1-2H3. The zero-order valence-electron chi connectivity index (χ0n) is 10.3. The Kier molecular flexibility index (Phi) is 3.83. The molecule has 1 N–H and O–H groups in total. The number of rotatable bonds is 4. The molecular formula is C14H21NO. The van der Waals surface area contributed by atoms with Crippen molar-refractivity contribution in [2.45, 2.75) is 32.1 Å². The molecule has 0 saturated carbocycles. The summed E-state index contributed by atoms with van der Waals surface area (Å²) in [5, 5.41) is 3.46. The molecule has 0 amide bonds. The van der Waals surface area contributed by atoms with Gasteiger partial charge in [-0.2, -0.15) is 0 Å². The minimum absolute atomic E-state index is 0.689. The van der Waals surface area contributed by atoms with Gasteiger partial charge in [-0.1, -0.05) is 13.0 Å². The monoisotopic (exact) mass is 219 g/mol. The van der Waals surface area contributed by atoms with Gasteiger partial charge in [0.15, 0.2) is 0 Å². The second-order valence-electron chi connectivity index (χ2n) is 4.46. The summed E-state index contributed by atoms with van der Waals surface area (Å²) >= 11 is 0. The van der Waals surface area contributed by atoms with Crippen LogP contribution in [0.1, 0.15) is 36.8 Å². The largest absolute Gasteiger partial charge is 0.497 e. The molecule has 0 heterocycles. The molecule has 2 rings (SSSR count). The van der Waals surface area contributed by atoms with Crippen LogP contribution in [0.5, 0.6) is 5.75 Å². The zero-order valence-corrected chi connectivity index (χ0v) is 10.3. The Hall–Kier alpha value is -1.02. The van der Waals surface area contributed by atoms with E-state index >= 15 is 0 Å². The van der Waals surface area contributed by atoms with Crippen molar-refractivity contribution in [2.24, 2.45) is 0 Å². The van der Waals surface area contributed by atoms with E-state index in [1.54, 1.807) is 7.11 Å². The van der Waals surface area contributed by atoms with Crippen LogP contribution in [0.15, 0.2) is 18.2 Å². The van der Waals surface area contributed by atoms with E-state index in [2.05, 4.69) is 30.4 Å². The first-order chi connectivity index (χ1) is 7.85. The molecule has 2 heteroatoms. The zero-order chi connectivity index (χ0) is 11.4. The number of fused-ring (bicyclic) bond motifs is 1. The van der Waals surface area contributed by atoms with Crippen molar-refractivity contribution in [1.82, 2.24) is 5.32 Å².